The number of hydrogen-bond acceptors (Lipinski definition) is 2. The summed E-state index contributed by atoms with van der Waals surface area (Å²) in [6.07, 6.45) is -1.82. The van der Waals surface area contributed by atoms with Crippen LogP contribution in [-0.2, 0) is 11.0 Å². The lowest BCUT2D eigenvalue weighted by molar-refractivity contribution is -0.137. The normalized spacial score (nSPS) is 17.0. The number of benzene rings is 1. The van der Waals surface area contributed by atoms with E-state index in [9.17, 15) is 18.0 Å². The van der Waals surface area contributed by atoms with Gasteiger partial charge in [0.25, 0.3) is 0 Å². The topological polar surface area (TPSA) is 23.6 Å². The smallest absolute Gasteiger partial charge is 0.337 e. The standard InChI is InChI=1S/C16H18ClF3N2O/c1-2-21-7-9-22(10-8-21)15(23)6-3-12-11-13(16(18,19)20)4-5-14(12)17/h3-6,11H,2,7-10H2,1H3/b6-3+. The summed E-state index contributed by atoms with van der Waals surface area (Å²) in [5.74, 6) is -0.214. The van der Waals surface area contributed by atoms with E-state index in [2.05, 4.69) is 11.8 Å². The number of rotatable bonds is 3. The molecule has 1 fully saturated rings. The summed E-state index contributed by atoms with van der Waals surface area (Å²) in [5.41, 5.74) is -0.604. The molecule has 0 radical (unpaired) electrons. The zero-order valence-corrected chi connectivity index (χ0v) is 13.5. The fourth-order valence-corrected chi connectivity index (χ4v) is 2.58. The van der Waals surface area contributed by atoms with Gasteiger partial charge in [-0.25, -0.2) is 0 Å². The molecule has 0 aliphatic carbocycles. The summed E-state index contributed by atoms with van der Waals surface area (Å²) in [6, 6.07) is 3.06. The molecule has 1 aromatic carbocycles. The molecule has 1 saturated heterocycles. The van der Waals surface area contributed by atoms with Crippen molar-refractivity contribution in [3.63, 3.8) is 0 Å². The average Bonchev–Trinajstić information content (AvgIpc) is 2.52. The molecule has 3 nitrogen and oxygen atoms in total. The van der Waals surface area contributed by atoms with Crippen LogP contribution in [0.5, 0.6) is 0 Å². The van der Waals surface area contributed by atoms with Crippen LogP contribution in [0.3, 0.4) is 0 Å². The number of likely N-dealkylation sites (N-methyl/N-ethyl adjacent to an activating group) is 1. The number of carbonyl (C=O) groups excluding carboxylic acids is 1. The first kappa shape index (κ1) is 17.8. The predicted molar refractivity (Wildman–Crippen MR) is 84.2 cm³/mol. The average molecular weight is 347 g/mol. The molecule has 1 heterocycles. The molecule has 0 atom stereocenters. The fraction of sp³-hybridized carbons (Fsp3) is 0.438. The van der Waals surface area contributed by atoms with Crippen molar-refractivity contribution in [3.8, 4) is 0 Å². The first-order valence-electron chi connectivity index (χ1n) is 7.37. The number of piperazine rings is 1. The summed E-state index contributed by atoms with van der Waals surface area (Å²) < 4.78 is 38.1. The summed E-state index contributed by atoms with van der Waals surface area (Å²) >= 11 is 5.90. The number of amides is 1. The fourth-order valence-electron chi connectivity index (χ4n) is 2.40. The quantitative estimate of drug-likeness (QED) is 0.782. The highest BCUT2D eigenvalue weighted by Gasteiger charge is 2.30. The highest BCUT2D eigenvalue weighted by Crippen LogP contribution is 2.32. The zero-order chi connectivity index (χ0) is 17.0. The van der Waals surface area contributed by atoms with E-state index in [0.717, 1.165) is 31.8 Å². The molecule has 0 bridgehead atoms. The third kappa shape index (κ3) is 4.72. The first-order valence-corrected chi connectivity index (χ1v) is 7.75. The van der Waals surface area contributed by atoms with Crippen LogP contribution < -0.4 is 0 Å². The highest BCUT2D eigenvalue weighted by atomic mass is 35.5. The van der Waals surface area contributed by atoms with Gasteiger partial charge < -0.3 is 9.80 Å². The molecule has 23 heavy (non-hydrogen) atoms. The van der Waals surface area contributed by atoms with Crippen LogP contribution in [0.2, 0.25) is 5.02 Å². The maximum absolute atomic E-state index is 12.7. The number of halogens is 4. The highest BCUT2D eigenvalue weighted by molar-refractivity contribution is 6.32. The van der Waals surface area contributed by atoms with E-state index in [1.165, 1.54) is 18.2 Å². The van der Waals surface area contributed by atoms with Crippen LogP contribution in [-0.4, -0.2) is 48.4 Å². The van der Waals surface area contributed by atoms with Gasteiger partial charge in [-0.1, -0.05) is 18.5 Å². The maximum atomic E-state index is 12.7. The molecule has 1 aromatic rings. The van der Waals surface area contributed by atoms with Crippen molar-refractivity contribution in [1.29, 1.82) is 0 Å². The van der Waals surface area contributed by atoms with Crippen LogP contribution in [0, 0.1) is 0 Å². The largest absolute Gasteiger partial charge is 0.416 e. The SMILES string of the molecule is CCN1CCN(C(=O)/C=C/c2cc(C(F)(F)F)ccc2Cl)CC1. The van der Waals surface area contributed by atoms with Crippen LogP contribution in [0.25, 0.3) is 6.08 Å². The van der Waals surface area contributed by atoms with Gasteiger partial charge >= 0.3 is 6.18 Å². The monoisotopic (exact) mass is 346 g/mol. The van der Waals surface area contributed by atoms with E-state index in [1.807, 2.05) is 0 Å². The number of hydrogen-bond donors (Lipinski definition) is 0. The lowest BCUT2D eigenvalue weighted by atomic mass is 10.1. The third-order valence-electron chi connectivity index (χ3n) is 3.86. The van der Waals surface area contributed by atoms with Gasteiger partial charge in [-0.05, 0) is 36.4 Å². The Morgan fingerprint density at radius 1 is 1.26 bits per heavy atom. The Labute approximate surface area is 138 Å². The number of alkyl halides is 3. The molecule has 0 saturated carbocycles. The molecular formula is C16H18ClF3N2O. The second-order valence-electron chi connectivity index (χ2n) is 5.33. The molecule has 1 aliphatic rings. The van der Waals surface area contributed by atoms with Crippen molar-refractivity contribution >= 4 is 23.6 Å². The Morgan fingerprint density at radius 2 is 1.91 bits per heavy atom. The Kier molecular flexibility index (Phi) is 5.70. The van der Waals surface area contributed by atoms with Crippen LogP contribution in [0.15, 0.2) is 24.3 Å². The zero-order valence-electron chi connectivity index (χ0n) is 12.7. The molecule has 0 aromatic heterocycles. The van der Waals surface area contributed by atoms with Crippen LogP contribution in [0.4, 0.5) is 13.2 Å². The number of carbonyl (C=O) groups is 1. The van der Waals surface area contributed by atoms with Crippen molar-refractivity contribution in [3.05, 3.63) is 40.4 Å². The third-order valence-corrected chi connectivity index (χ3v) is 4.20. The van der Waals surface area contributed by atoms with Crippen molar-refractivity contribution in [2.24, 2.45) is 0 Å². The Bertz CT molecular complexity index is 593. The summed E-state index contributed by atoms with van der Waals surface area (Å²) in [6.45, 7) is 5.85. The van der Waals surface area contributed by atoms with Gasteiger partial charge in [-0.2, -0.15) is 13.2 Å². The Balaban J connectivity index is 2.06. The lowest BCUT2D eigenvalue weighted by Crippen LogP contribution is -2.48. The van der Waals surface area contributed by atoms with Crippen molar-refractivity contribution in [2.75, 3.05) is 32.7 Å². The molecule has 0 unspecified atom stereocenters. The molecule has 1 aliphatic heterocycles. The van der Waals surface area contributed by atoms with Gasteiger partial charge in [0.2, 0.25) is 5.91 Å². The summed E-state index contributed by atoms with van der Waals surface area (Å²) in [5, 5.41) is 0.179. The van der Waals surface area contributed by atoms with Gasteiger partial charge in [0.15, 0.2) is 0 Å². The summed E-state index contributed by atoms with van der Waals surface area (Å²) in [7, 11) is 0. The second kappa shape index (κ2) is 7.36. The van der Waals surface area contributed by atoms with E-state index in [-0.39, 0.29) is 16.5 Å². The molecular weight excluding hydrogens is 329 g/mol. The minimum atomic E-state index is -4.44. The van der Waals surface area contributed by atoms with Crippen LogP contribution in [0.1, 0.15) is 18.1 Å². The van der Waals surface area contributed by atoms with Crippen molar-refractivity contribution in [1.82, 2.24) is 9.80 Å². The van der Waals surface area contributed by atoms with Crippen LogP contribution >= 0.6 is 11.6 Å². The molecule has 7 heteroatoms. The Hall–Kier alpha value is -1.53. The number of nitrogens with zero attached hydrogens (tertiary/aromatic N) is 2. The van der Waals surface area contributed by atoms with Gasteiger partial charge in [0.1, 0.15) is 0 Å². The lowest BCUT2D eigenvalue weighted by Gasteiger charge is -2.33. The van der Waals surface area contributed by atoms with E-state index >= 15 is 0 Å². The first-order chi connectivity index (χ1) is 10.8. The van der Waals surface area contributed by atoms with Crippen molar-refractivity contribution in [2.45, 2.75) is 13.1 Å². The van der Waals surface area contributed by atoms with E-state index in [1.54, 1.807) is 4.90 Å². The minimum Gasteiger partial charge on any atom is -0.337 e. The van der Waals surface area contributed by atoms with Gasteiger partial charge in [0, 0.05) is 37.3 Å². The predicted octanol–water partition coefficient (Wildman–Crippen LogP) is 3.54. The van der Waals surface area contributed by atoms with Gasteiger partial charge in [0.05, 0.1) is 5.56 Å². The molecule has 1 amide bonds. The maximum Gasteiger partial charge on any atom is 0.416 e. The second-order valence-corrected chi connectivity index (χ2v) is 5.73. The summed E-state index contributed by atoms with van der Waals surface area (Å²) in [4.78, 5) is 16.0. The van der Waals surface area contributed by atoms with Gasteiger partial charge in [-0.3, -0.25) is 4.79 Å². The van der Waals surface area contributed by atoms with Crippen molar-refractivity contribution < 1.29 is 18.0 Å². The van der Waals surface area contributed by atoms with E-state index in [0.29, 0.717) is 13.1 Å². The Morgan fingerprint density at radius 3 is 2.48 bits per heavy atom. The minimum absolute atomic E-state index is 0.179. The van der Waals surface area contributed by atoms with E-state index in [4.69, 9.17) is 11.6 Å². The molecule has 2 rings (SSSR count). The molecule has 0 N–H and O–H groups in total. The van der Waals surface area contributed by atoms with E-state index < -0.39 is 11.7 Å². The molecule has 0 spiro atoms. The molecule has 126 valence electrons. The van der Waals surface area contributed by atoms with Gasteiger partial charge in [-0.15, -0.1) is 0 Å².